The molecule has 0 atom stereocenters. The van der Waals surface area contributed by atoms with Crippen LogP contribution in [-0.4, -0.2) is 35.3 Å². The highest BCUT2D eigenvalue weighted by atomic mass is 16.2. The van der Waals surface area contributed by atoms with Crippen molar-refractivity contribution in [3.63, 3.8) is 0 Å². The van der Waals surface area contributed by atoms with Crippen LogP contribution in [0.1, 0.15) is 19.3 Å². The Hall–Kier alpha value is -1.63. The van der Waals surface area contributed by atoms with E-state index in [1.807, 2.05) is 0 Å². The van der Waals surface area contributed by atoms with Crippen molar-refractivity contribution in [2.75, 3.05) is 25.0 Å². The number of nitrogens with zero attached hydrogens (tertiary/aromatic N) is 2. The number of nitrogens with one attached hydrogen (secondary N) is 2. The van der Waals surface area contributed by atoms with Gasteiger partial charge in [-0.3, -0.25) is 9.78 Å². The topological polar surface area (TPSA) is 108 Å². The van der Waals surface area contributed by atoms with E-state index in [9.17, 15) is 9.59 Å². The van der Waals surface area contributed by atoms with E-state index < -0.39 is 11.2 Å². The van der Waals surface area contributed by atoms with Crippen LogP contribution in [0.15, 0.2) is 9.59 Å². The van der Waals surface area contributed by atoms with Gasteiger partial charge in [-0.15, -0.1) is 5.10 Å². The van der Waals surface area contributed by atoms with E-state index in [0.717, 1.165) is 19.3 Å². The van der Waals surface area contributed by atoms with E-state index in [4.69, 9.17) is 5.73 Å². The number of aromatic amines is 2. The Morgan fingerprint density at radius 1 is 1.31 bits per heavy atom. The molecule has 0 unspecified atom stereocenters. The van der Waals surface area contributed by atoms with Gasteiger partial charge in [0.25, 0.3) is 5.56 Å². The molecule has 16 heavy (non-hydrogen) atoms. The largest absolute Gasteiger partial charge is 0.354 e. The second kappa shape index (κ2) is 6.06. The monoisotopic (exact) mass is 227 g/mol. The minimum atomic E-state index is -0.592. The number of H-pyrrole nitrogens is 2. The van der Waals surface area contributed by atoms with Crippen LogP contribution in [0.5, 0.6) is 0 Å². The fraction of sp³-hybridized carbons (Fsp3) is 0.667. The maximum absolute atomic E-state index is 11.4. The third kappa shape index (κ3) is 3.50. The summed E-state index contributed by atoms with van der Waals surface area (Å²) in [5, 5.41) is 5.90. The highest BCUT2D eigenvalue weighted by molar-refractivity contribution is 5.32. The van der Waals surface area contributed by atoms with Gasteiger partial charge in [0.15, 0.2) is 0 Å². The summed E-state index contributed by atoms with van der Waals surface area (Å²) in [4.78, 5) is 26.0. The summed E-state index contributed by atoms with van der Waals surface area (Å²) < 4.78 is 0. The minimum absolute atomic E-state index is 0.229. The highest BCUT2D eigenvalue weighted by Gasteiger charge is 2.07. The molecular weight excluding hydrogens is 210 g/mol. The number of nitrogens with two attached hydrogens (primary N) is 1. The predicted octanol–water partition coefficient (Wildman–Crippen LogP) is -0.977. The number of hydrogen-bond donors (Lipinski definition) is 3. The molecule has 1 aromatic rings. The number of anilines is 1. The van der Waals surface area contributed by atoms with E-state index in [0.29, 0.717) is 13.1 Å². The van der Waals surface area contributed by atoms with E-state index >= 15 is 0 Å². The number of unbranched alkanes of at least 4 members (excludes halogenated alkanes) is 2. The van der Waals surface area contributed by atoms with Crippen LogP contribution in [-0.2, 0) is 0 Å². The average Bonchev–Trinajstić information content (AvgIpc) is 2.24. The fourth-order valence-electron chi connectivity index (χ4n) is 1.38. The van der Waals surface area contributed by atoms with Crippen LogP contribution in [0.2, 0.25) is 0 Å². The van der Waals surface area contributed by atoms with Gasteiger partial charge in [0.1, 0.15) is 0 Å². The van der Waals surface area contributed by atoms with Crippen molar-refractivity contribution in [2.24, 2.45) is 5.73 Å². The number of hydrogen-bond acceptors (Lipinski definition) is 5. The molecule has 1 aromatic heterocycles. The zero-order chi connectivity index (χ0) is 12.0. The molecule has 0 aromatic carbocycles. The van der Waals surface area contributed by atoms with Crippen LogP contribution < -0.4 is 21.9 Å². The van der Waals surface area contributed by atoms with Gasteiger partial charge in [-0.1, -0.05) is 6.42 Å². The molecule has 0 aliphatic rings. The molecule has 0 amide bonds. The third-order valence-electron chi connectivity index (χ3n) is 2.25. The first-order valence-electron chi connectivity index (χ1n) is 5.25. The van der Waals surface area contributed by atoms with Crippen LogP contribution in [0.3, 0.4) is 0 Å². The Morgan fingerprint density at radius 3 is 2.69 bits per heavy atom. The van der Waals surface area contributed by atoms with Crippen molar-refractivity contribution in [3.8, 4) is 0 Å². The quantitative estimate of drug-likeness (QED) is 0.541. The summed E-state index contributed by atoms with van der Waals surface area (Å²) in [7, 11) is 1.76. The Kier molecular flexibility index (Phi) is 4.71. The highest BCUT2D eigenvalue weighted by Crippen LogP contribution is 2.01. The van der Waals surface area contributed by atoms with Gasteiger partial charge in [-0.2, -0.15) is 0 Å². The molecule has 0 bridgehead atoms. The summed E-state index contributed by atoms with van der Waals surface area (Å²) in [6.07, 6.45) is 2.93. The van der Waals surface area contributed by atoms with Crippen molar-refractivity contribution >= 4 is 5.82 Å². The second-order valence-corrected chi connectivity index (χ2v) is 3.60. The summed E-state index contributed by atoms with van der Waals surface area (Å²) in [5.41, 5.74) is 4.32. The molecule has 0 saturated carbocycles. The molecule has 0 aliphatic carbocycles. The van der Waals surface area contributed by atoms with E-state index in [-0.39, 0.29) is 5.82 Å². The summed E-state index contributed by atoms with van der Waals surface area (Å²) >= 11 is 0. The van der Waals surface area contributed by atoms with E-state index in [1.165, 1.54) is 0 Å². The van der Waals surface area contributed by atoms with Crippen LogP contribution >= 0.6 is 0 Å². The third-order valence-corrected chi connectivity index (χ3v) is 2.25. The van der Waals surface area contributed by atoms with Crippen molar-refractivity contribution in [3.05, 3.63) is 20.8 Å². The molecule has 0 radical (unpaired) electrons. The lowest BCUT2D eigenvalue weighted by Crippen LogP contribution is -2.32. The molecule has 1 heterocycles. The maximum Gasteiger partial charge on any atom is 0.342 e. The fourth-order valence-corrected chi connectivity index (χ4v) is 1.38. The Labute approximate surface area is 92.7 Å². The summed E-state index contributed by atoms with van der Waals surface area (Å²) in [6.45, 7) is 1.39. The van der Waals surface area contributed by atoms with Crippen LogP contribution in [0, 0.1) is 0 Å². The first-order valence-corrected chi connectivity index (χ1v) is 5.25. The maximum atomic E-state index is 11.4. The van der Waals surface area contributed by atoms with Crippen molar-refractivity contribution in [1.82, 2.24) is 15.2 Å². The Balaban J connectivity index is 2.56. The molecule has 0 aliphatic heterocycles. The van der Waals surface area contributed by atoms with Crippen molar-refractivity contribution < 1.29 is 0 Å². The van der Waals surface area contributed by atoms with Gasteiger partial charge in [-0.05, 0) is 19.4 Å². The lowest BCUT2D eigenvalue weighted by atomic mass is 10.2. The minimum Gasteiger partial charge on any atom is -0.354 e. The average molecular weight is 227 g/mol. The lowest BCUT2D eigenvalue weighted by Gasteiger charge is -2.15. The normalized spacial score (nSPS) is 10.4. The molecule has 90 valence electrons. The predicted molar refractivity (Wildman–Crippen MR) is 61.7 cm³/mol. The lowest BCUT2D eigenvalue weighted by molar-refractivity contribution is 0.670. The Bertz CT molecular complexity index is 424. The van der Waals surface area contributed by atoms with Crippen LogP contribution in [0.4, 0.5) is 5.82 Å². The van der Waals surface area contributed by atoms with E-state index in [2.05, 4.69) is 15.2 Å². The molecule has 0 spiro atoms. The summed E-state index contributed by atoms with van der Waals surface area (Å²) in [6, 6.07) is 0. The van der Waals surface area contributed by atoms with Gasteiger partial charge in [-0.25, -0.2) is 9.89 Å². The van der Waals surface area contributed by atoms with Gasteiger partial charge in [0.2, 0.25) is 5.82 Å². The van der Waals surface area contributed by atoms with Crippen molar-refractivity contribution in [1.29, 1.82) is 0 Å². The SMILES string of the molecule is CN(CCCCCN)c1n[nH]c(=O)[nH]c1=O. The zero-order valence-corrected chi connectivity index (χ0v) is 9.32. The first kappa shape index (κ1) is 12.4. The number of rotatable bonds is 6. The smallest absolute Gasteiger partial charge is 0.342 e. The second-order valence-electron chi connectivity index (χ2n) is 3.60. The Morgan fingerprint density at radius 2 is 2.06 bits per heavy atom. The number of aromatic nitrogens is 3. The van der Waals surface area contributed by atoms with Gasteiger partial charge in [0.05, 0.1) is 0 Å². The molecule has 0 saturated heterocycles. The first-order chi connectivity index (χ1) is 7.65. The van der Waals surface area contributed by atoms with Crippen molar-refractivity contribution in [2.45, 2.75) is 19.3 Å². The van der Waals surface area contributed by atoms with Gasteiger partial charge in [0, 0.05) is 13.6 Å². The van der Waals surface area contributed by atoms with E-state index in [1.54, 1.807) is 11.9 Å². The molecule has 7 nitrogen and oxygen atoms in total. The van der Waals surface area contributed by atoms with Gasteiger partial charge >= 0.3 is 5.69 Å². The molecule has 1 rings (SSSR count). The zero-order valence-electron chi connectivity index (χ0n) is 9.32. The molecule has 0 fully saturated rings. The van der Waals surface area contributed by atoms with Gasteiger partial charge < -0.3 is 10.6 Å². The standard InChI is InChI=1S/C9H17N5O2/c1-14(6-4-2-3-5-10)7-8(15)11-9(16)13-12-7/h2-6,10H2,1H3,(H2,11,13,15,16). The summed E-state index contributed by atoms with van der Waals surface area (Å²) in [5.74, 6) is 0.229. The van der Waals surface area contributed by atoms with Crippen LogP contribution in [0.25, 0.3) is 0 Å². The molecule has 4 N–H and O–H groups in total. The molecular formula is C9H17N5O2. The molecule has 7 heteroatoms.